The van der Waals surface area contributed by atoms with E-state index in [0.29, 0.717) is 17.9 Å². The molecule has 0 radical (unpaired) electrons. The fourth-order valence-electron chi connectivity index (χ4n) is 2.06. The van der Waals surface area contributed by atoms with Crippen molar-refractivity contribution in [3.05, 3.63) is 59.4 Å². The summed E-state index contributed by atoms with van der Waals surface area (Å²) in [6, 6.07) is 12.8. The van der Waals surface area contributed by atoms with Gasteiger partial charge in [-0.25, -0.2) is 4.39 Å². The van der Waals surface area contributed by atoms with Gasteiger partial charge in [0.2, 0.25) is 0 Å². The van der Waals surface area contributed by atoms with Gasteiger partial charge in [-0.15, -0.1) is 0 Å². The van der Waals surface area contributed by atoms with Gasteiger partial charge in [0.25, 0.3) is 0 Å². The highest BCUT2D eigenvalue weighted by molar-refractivity contribution is 5.67. The Morgan fingerprint density at radius 3 is 2.50 bits per heavy atom. The molecular formula is C15H17FN2. The highest BCUT2D eigenvalue weighted by Gasteiger charge is 2.12. The molecule has 0 fully saturated rings. The van der Waals surface area contributed by atoms with Gasteiger partial charge in [0.15, 0.2) is 0 Å². The van der Waals surface area contributed by atoms with Crippen LogP contribution in [-0.2, 0) is 6.54 Å². The number of hydrogen-bond acceptors (Lipinski definition) is 2. The van der Waals surface area contributed by atoms with Crippen molar-refractivity contribution in [1.82, 2.24) is 0 Å². The number of benzene rings is 2. The maximum Gasteiger partial charge on any atom is 0.148 e. The molecule has 2 aromatic carbocycles. The molecule has 0 saturated carbocycles. The number of nitrogens with zero attached hydrogens (tertiary/aromatic N) is 1. The SMILES string of the molecule is Cc1ccccc1CN(C)c1c(N)cccc1F. The van der Waals surface area contributed by atoms with Crippen molar-refractivity contribution in [3.63, 3.8) is 0 Å². The standard InChI is InChI=1S/C15H17FN2/c1-11-6-3-4-7-12(11)10-18(2)15-13(16)8-5-9-14(15)17/h3-9H,10,17H2,1-2H3. The van der Waals surface area contributed by atoms with Crippen molar-refractivity contribution < 1.29 is 4.39 Å². The molecule has 0 heterocycles. The first-order valence-corrected chi connectivity index (χ1v) is 5.89. The van der Waals surface area contributed by atoms with Crippen molar-refractivity contribution in [2.45, 2.75) is 13.5 Å². The topological polar surface area (TPSA) is 29.3 Å². The summed E-state index contributed by atoms with van der Waals surface area (Å²) in [6.07, 6.45) is 0. The Balaban J connectivity index is 2.28. The summed E-state index contributed by atoms with van der Waals surface area (Å²) in [5.74, 6) is -0.286. The number of nitrogens with two attached hydrogens (primary N) is 1. The third-order valence-electron chi connectivity index (χ3n) is 3.07. The van der Waals surface area contributed by atoms with E-state index in [0.717, 1.165) is 0 Å². The fraction of sp³-hybridized carbons (Fsp3) is 0.200. The highest BCUT2D eigenvalue weighted by atomic mass is 19.1. The average Bonchev–Trinajstić information content (AvgIpc) is 2.32. The van der Waals surface area contributed by atoms with Gasteiger partial charge in [0.1, 0.15) is 5.82 Å². The van der Waals surface area contributed by atoms with Gasteiger partial charge in [0, 0.05) is 13.6 Å². The molecule has 0 atom stereocenters. The molecule has 2 rings (SSSR count). The number of hydrogen-bond donors (Lipinski definition) is 1. The fourth-order valence-corrected chi connectivity index (χ4v) is 2.06. The lowest BCUT2D eigenvalue weighted by molar-refractivity contribution is 0.623. The molecule has 0 aliphatic rings. The van der Waals surface area contributed by atoms with Gasteiger partial charge in [-0.3, -0.25) is 0 Å². The van der Waals surface area contributed by atoms with Crippen molar-refractivity contribution in [2.75, 3.05) is 17.7 Å². The third-order valence-corrected chi connectivity index (χ3v) is 3.07. The summed E-state index contributed by atoms with van der Waals surface area (Å²) in [4.78, 5) is 1.84. The Labute approximate surface area is 107 Å². The van der Waals surface area contributed by atoms with Crippen molar-refractivity contribution in [2.24, 2.45) is 0 Å². The van der Waals surface area contributed by atoms with Crippen LogP contribution >= 0.6 is 0 Å². The molecule has 0 amide bonds. The normalized spacial score (nSPS) is 10.4. The third kappa shape index (κ3) is 2.45. The van der Waals surface area contributed by atoms with Gasteiger partial charge in [-0.1, -0.05) is 30.3 Å². The van der Waals surface area contributed by atoms with E-state index in [1.165, 1.54) is 17.2 Å². The number of rotatable bonds is 3. The predicted octanol–water partition coefficient (Wildman–Crippen LogP) is 3.35. The summed E-state index contributed by atoms with van der Waals surface area (Å²) < 4.78 is 13.8. The van der Waals surface area contributed by atoms with E-state index in [9.17, 15) is 4.39 Å². The smallest absolute Gasteiger partial charge is 0.148 e. The van der Waals surface area contributed by atoms with E-state index in [-0.39, 0.29) is 5.82 Å². The second kappa shape index (κ2) is 5.08. The molecule has 0 aliphatic carbocycles. The minimum absolute atomic E-state index is 0.286. The van der Waals surface area contributed by atoms with Crippen LogP contribution in [0.3, 0.4) is 0 Å². The number of nitrogen functional groups attached to an aromatic ring is 1. The Morgan fingerprint density at radius 1 is 1.11 bits per heavy atom. The van der Waals surface area contributed by atoms with E-state index in [1.54, 1.807) is 12.1 Å². The molecule has 0 bridgehead atoms. The summed E-state index contributed by atoms with van der Waals surface area (Å²) in [5, 5.41) is 0. The lowest BCUT2D eigenvalue weighted by atomic mass is 10.1. The zero-order valence-corrected chi connectivity index (χ0v) is 10.7. The van der Waals surface area contributed by atoms with E-state index in [1.807, 2.05) is 43.1 Å². The second-order valence-corrected chi connectivity index (χ2v) is 4.46. The van der Waals surface area contributed by atoms with Crippen LogP contribution in [0, 0.1) is 12.7 Å². The summed E-state index contributed by atoms with van der Waals surface area (Å²) in [7, 11) is 1.85. The quantitative estimate of drug-likeness (QED) is 0.839. The first-order chi connectivity index (χ1) is 8.59. The number of aryl methyl sites for hydroxylation is 1. The van der Waals surface area contributed by atoms with E-state index < -0.39 is 0 Å². The molecule has 0 aromatic heterocycles. The first kappa shape index (κ1) is 12.4. The molecule has 0 unspecified atom stereocenters. The number of anilines is 2. The summed E-state index contributed by atoms with van der Waals surface area (Å²) in [6.45, 7) is 2.69. The first-order valence-electron chi connectivity index (χ1n) is 5.89. The van der Waals surface area contributed by atoms with Crippen molar-refractivity contribution in [1.29, 1.82) is 0 Å². The molecule has 2 nitrogen and oxygen atoms in total. The van der Waals surface area contributed by atoms with Crippen LogP contribution in [-0.4, -0.2) is 7.05 Å². The molecule has 3 heteroatoms. The van der Waals surface area contributed by atoms with Crippen LogP contribution < -0.4 is 10.6 Å². The number of para-hydroxylation sites is 1. The van der Waals surface area contributed by atoms with Gasteiger partial charge in [-0.05, 0) is 30.2 Å². The largest absolute Gasteiger partial charge is 0.397 e. The zero-order valence-electron chi connectivity index (χ0n) is 10.7. The van der Waals surface area contributed by atoms with Gasteiger partial charge < -0.3 is 10.6 Å². The molecule has 2 N–H and O–H groups in total. The van der Waals surface area contributed by atoms with Crippen LogP contribution in [0.4, 0.5) is 15.8 Å². The molecule has 18 heavy (non-hydrogen) atoms. The molecule has 0 saturated heterocycles. The Morgan fingerprint density at radius 2 is 1.83 bits per heavy atom. The highest BCUT2D eigenvalue weighted by Crippen LogP contribution is 2.27. The van der Waals surface area contributed by atoms with Gasteiger partial charge in [0.05, 0.1) is 11.4 Å². The maximum atomic E-state index is 13.8. The Kier molecular flexibility index (Phi) is 3.51. The lowest BCUT2D eigenvalue weighted by Crippen LogP contribution is -2.19. The van der Waals surface area contributed by atoms with E-state index >= 15 is 0 Å². The minimum Gasteiger partial charge on any atom is -0.397 e. The van der Waals surface area contributed by atoms with Crippen LogP contribution in [0.15, 0.2) is 42.5 Å². The minimum atomic E-state index is -0.286. The lowest BCUT2D eigenvalue weighted by Gasteiger charge is -2.22. The Hall–Kier alpha value is -2.03. The second-order valence-electron chi connectivity index (χ2n) is 4.46. The van der Waals surface area contributed by atoms with E-state index in [4.69, 9.17) is 5.73 Å². The van der Waals surface area contributed by atoms with Crippen molar-refractivity contribution >= 4 is 11.4 Å². The van der Waals surface area contributed by atoms with Crippen LogP contribution in [0.5, 0.6) is 0 Å². The summed E-state index contributed by atoms with van der Waals surface area (Å²) in [5.41, 5.74) is 9.12. The van der Waals surface area contributed by atoms with Gasteiger partial charge in [-0.2, -0.15) is 0 Å². The maximum absolute atomic E-state index is 13.8. The van der Waals surface area contributed by atoms with Crippen LogP contribution in [0.2, 0.25) is 0 Å². The monoisotopic (exact) mass is 244 g/mol. The van der Waals surface area contributed by atoms with Crippen LogP contribution in [0.1, 0.15) is 11.1 Å². The molecular weight excluding hydrogens is 227 g/mol. The zero-order chi connectivity index (χ0) is 13.1. The van der Waals surface area contributed by atoms with Crippen LogP contribution in [0.25, 0.3) is 0 Å². The molecule has 0 aliphatic heterocycles. The summed E-state index contributed by atoms with van der Waals surface area (Å²) >= 11 is 0. The molecule has 2 aromatic rings. The Bertz CT molecular complexity index is 532. The average molecular weight is 244 g/mol. The molecule has 0 spiro atoms. The number of halogens is 1. The predicted molar refractivity (Wildman–Crippen MR) is 74.1 cm³/mol. The van der Waals surface area contributed by atoms with Crippen molar-refractivity contribution in [3.8, 4) is 0 Å². The van der Waals surface area contributed by atoms with Gasteiger partial charge >= 0.3 is 0 Å². The van der Waals surface area contributed by atoms with E-state index in [2.05, 4.69) is 0 Å². The molecule has 94 valence electrons.